The molecular formula is C20H21ClF3N5O6S2. The zero-order valence-corrected chi connectivity index (χ0v) is 22.1. The fourth-order valence-electron chi connectivity index (χ4n) is 3.18. The molecular weight excluding hydrogens is 563 g/mol. The Labute approximate surface area is 215 Å². The molecule has 0 aliphatic carbocycles. The van der Waals surface area contributed by atoms with E-state index in [0.717, 1.165) is 6.26 Å². The normalized spacial score (nSPS) is 13.4. The van der Waals surface area contributed by atoms with Gasteiger partial charge in [-0.3, -0.25) is 9.52 Å². The minimum atomic E-state index is -5.94. The Morgan fingerprint density at radius 3 is 2.46 bits per heavy atom. The van der Waals surface area contributed by atoms with Crippen molar-refractivity contribution >= 4 is 49.0 Å². The maximum Gasteiger partial charge on any atom is 0.534 e. The van der Waals surface area contributed by atoms with Gasteiger partial charge < -0.3 is 9.08 Å². The summed E-state index contributed by atoms with van der Waals surface area (Å²) in [5.74, 6) is -1.35. The molecule has 0 aliphatic heterocycles. The number of aryl methyl sites for hydroxylation is 1. The highest BCUT2D eigenvalue weighted by atomic mass is 35.5. The fourth-order valence-corrected chi connectivity index (χ4v) is 4.37. The zero-order chi connectivity index (χ0) is 27.9. The lowest BCUT2D eigenvalue weighted by atomic mass is 10.1. The summed E-state index contributed by atoms with van der Waals surface area (Å²) >= 11 is 6.01. The van der Waals surface area contributed by atoms with E-state index in [1.807, 2.05) is 0 Å². The smallest absolute Gasteiger partial charge is 0.355 e. The lowest BCUT2D eigenvalue weighted by molar-refractivity contribution is -0.0501. The number of hydrogen-bond donors (Lipinski definition) is 1. The molecule has 1 amide bonds. The highest BCUT2D eigenvalue weighted by Crippen LogP contribution is 2.30. The van der Waals surface area contributed by atoms with E-state index >= 15 is 0 Å². The number of hydrogen-bond acceptors (Lipinski definition) is 8. The van der Waals surface area contributed by atoms with Gasteiger partial charge in [0.05, 0.1) is 29.2 Å². The number of halogens is 4. The van der Waals surface area contributed by atoms with E-state index in [4.69, 9.17) is 11.6 Å². The Bertz CT molecular complexity index is 1580. The van der Waals surface area contributed by atoms with Gasteiger partial charge in [0, 0.05) is 29.9 Å². The molecule has 0 saturated carbocycles. The summed E-state index contributed by atoms with van der Waals surface area (Å²) in [4.78, 5) is 18.3. The first-order valence-electron chi connectivity index (χ1n) is 10.4. The number of anilines is 1. The van der Waals surface area contributed by atoms with Gasteiger partial charge in [-0.1, -0.05) is 18.5 Å². The maximum atomic E-state index is 13.2. The molecule has 2 aromatic heterocycles. The molecule has 202 valence electrons. The fraction of sp³-hybridized carbons (Fsp3) is 0.350. The second-order valence-corrected chi connectivity index (χ2v) is 11.7. The lowest BCUT2D eigenvalue weighted by Gasteiger charge is -2.24. The SMILES string of the molecule is CCc1cn2nc([C@H](C)N(C)C(=O)c3cc(Cl)ccc3NS(C)(=O)=O)cc2nc1OS(=O)(=O)C(F)(F)F. The first-order valence-corrected chi connectivity index (χ1v) is 14.1. The number of amides is 1. The van der Waals surface area contributed by atoms with Gasteiger partial charge in [-0.25, -0.2) is 12.9 Å². The second-order valence-electron chi connectivity index (χ2n) is 7.94. The molecule has 0 unspecified atom stereocenters. The minimum Gasteiger partial charge on any atom is -0.355 e. The van der Waals surface area contributed by atoms with E-state index in [-0.39, 0.29) is 39.6 Å². The number of alkyl halides is 3. The Hall–Kier alpha value is -3.11. The van der Waals surface area contributed by atoms with E-state index in [1.165, 1.54) is 46.9 Å². The molecule has 0 fully saturated rings. The van der Waals surface area contributed by atoms with Gasteiger partial charge in [0.15, 0.2) is 5.65 Å². The van der Waals surface area contributed by atoms with E-state index in [9.17, 15) is 34.8 Å². The van der Waals surface area contributed by atoms with Crippen molar-refractivity contribution in [1.29, 1.82) is 0 Å². The van der Waals surface area contributed by atoms with E-state index in [2.05, 4.69) is 19.0 Å². The van der Waals surface area contributed by atoms with Gasteiger partial charge in [0.25, 0.3) is 5.91 Å². The van der Waals surface area contributed by atoms with Crippen LogP contribution in [0, 0.1) is 0 Å². The molecule has 0 radical (unpaired) electrons. The third kappa shape index (κ3) is 6.24. The quantitative estimate of drug-likeness (QED) is 0.314. The molecule has 3 rings (SSSR count). The summed E-state index contributed by atoms with van der Waals surface area (Å²) < 4.78 is 92.4. The molecule has 11 nitrogen and oxygen atoms in total. The van der Waals surface area contributed by atoms with Crippen molar-refractivity contribution in [2.45, 2.75) is 31.8 Å². The van der Waals surface area contributed by atoms with Crippen molar-refractivity contribution in [1.82, 2.24) is 19.5 Å². The molecule has 3 aromatic rings. The lowest BCUT2D eigenvalue weighted by Crippen LogP contribution is -2.31. The summed E-state index contributed by atoms with van der Waals surface area (Å²) in [6, 6.07) is 4.64. The Kier molecular flexibility index (Phi) is 7.68. The summed E-state index contributed by atoms with van der Waals surface area (Å²) in [5.41, 5.74) is -5.40. The van der Waals surface area contributed by atoms with Crippen molar-refractivity contribution in [2.75, 3.05) is 18.0 Å². The van der Waals surface area contributed by atoms with Crippen LogP contribution in [0.3, 0.4) is 0 Å². The van der Waals surface area contributed by atoms with E-state index < -0.39 is 43.5 Å². The third-order valence-electron chi connectivity index (χ3n) is 5.19. The molecule has 0 aliphatic rings. The summed E-state index contributed by atoms with van der Waals surface area (Å²) in [6.07, 6.45) is 2.28. The van der Waals surface area contributed by atoms with E-state index in [0.29, 0.717) is 0 Å². The monoisotopic (exact) mass is 583 g/mol. The molecule has 0 bridgehead atoms. The van der Waals surface area contributed by atoms with Gasteiger partial charge in [0.2, 0.25) is 15.9 Å². The average molecular weight is 584 g/mol. The number of rotatable bonds is 8. The maximum absolute atomic E-state index is 13.2. The van der Waals surface area contributed by atoms with Crippen molar-refractivity contribution < 1.29 is 39.0 Å². The molecule has 1 aromatic carbocycles. The van der Waals surface area contributed by atoms with Crippen LogP contribution in [0.1, 0.15) is 41.5 Å². The molecule has 1 atom stereocenters. The van der Waals surface area contributed by atoms with Gasteiger partial charge in [0.1, 0.15) is 0 Å². The summed E-state index contributed by atoms with van der Waals surface area (Å²) in [5, 5.41) is 4.49. The largest absolute Gasteiger partial charge is 0.534 e. The number of carbonyl (C=O) groups excluding carboxylic acids is 1. The minimum absolute atomic E-state index is 0.00729. The van der Waals surface area contributed by atoms with Crippen LogP contribution in [0.4, 0.5) is 18.9 Å². The van der Waals surface area contributed by atoms with Crippen LogP contribution in [0.5, 0.6) is 5.88 Å². The number of aromatic nitrogens is 3. The standard InChI is InChI=1S/C20H21ClF3N5O6S2/c1-5-12-10-29-17(25-18(12)35-37(33,34)20(22,23)24)9-16(26-29)11(2)28(3)19(30)14-8-13(21)6-7-15(14)27-36(4,31)32/h6-11,27H,5H2,1-4H3/t11-/m0/s1. The average Bonchev–Trinajstić information content (AvgIpc) is 3.19. The number of carbonyl (C=O) groups is 1. The predicted molar refractivity (Wildman–Crippen MR) is 128 cm³/mol. The van der Waals surface area contributed by atoms with Crippen LogP contribution in [-0.2, 0) is 26.6 Å². The molecule has 0 saturated heterocycles. The van der Waals surface area contributed by atoms with Crippen molar-refractivity contribution in [2.24, 2.45) is 0 Å². The number of fused-ring (bicyclic) bond motifs is 1. The van der Waals surface area contributed by atoms with Crippen LogP contribution in [0.15, 0.2) is 30.5 Å². The van der Waals surface area contributed by atoms with Crippen molar-refractivity contribution in [3.8, 4) is 5.88 Å². The Balaban J connectivity index is 1.97. The zero-order valence-electron chi connectivity index (χ0n) is 19.7. The van der Waals surface area contributed by atoms with Crippen LogP contribution in [0.25, 0.3) is 5.65 Å². The molecule has 1 N–H and O–H groups in total. The van der Waals surface area contributed by atoms with Crippen molar-refractivity contribution in [3.63, 3.8) is 0 Å². The number of sulfonamides is 1. The van der Waals surface area contributed by atoms with Crippen LogP contribution in [-0.4, -0.2) is 61.1 Å². The number of nitrogens with zero attached hydrogens (tertiary/aromatic N) is 4. The topological polar surface area (TPSA) is 140 Å². The Morgan fingerprint density at radius 2 is 1.89 bits per heavy atom. The summed E-state index contributed by atoms with van der Waals surface area (Å²) in [7, 11) is -8.22. The predicted octanol–water partition coefficient (Wildman–Crippen LogP) is 3.38. The molecule has 0 spiro atoms. The number of benzene rings is 1. The molecule has 17 heteroatoms. The number of nitrogens with one attached hydrogen (secondary N) is 1. The first-order chi connectivity index (χ1) is 16.9. The van der Waals surface area contributed by atoms with Gasteiger partial charge in [-0.15, -0.1) is 0 Å². The highest BCUT2D eigenvalue weighted by molar-refractivity contribution is 7.92. The van der Waals surface area contributed by atoms with Crippen LogP contribution >= 0.6 is 11.6 Å². The highest BCUT2D eigenvalue weighted by Gasteiger charge is 2.49. The van der Waals surface area contributed by atoms with E-state index in [1.54, 1.807) is 13.8 Å². The summed E-state index contributed by atoms with van der Waals surface area (Å²) in [6.45, 7) is 3.16. The molecule has 2 heterocycles. The van der Waals surface area contributed by atoms with Crippen LogP contribution < -0.4 is 8.91 Å². The van der Waals surface area contributed by atoms with Gasteiger partial charge in [-0.2, -0.15) is 31.7 Å². The molecule has 37 heavy (non-hydrogen) atoms. The van der Waals surface area contributed by atoms with Crippen LogP contribution in [0.2, 0.25) is 5.02 Å². The van der Waals surface area contributed by atoms with Crippen molar-refractivity contribution in [3.05, 3.63) is 52.3 Å². The van der Waals surface area contributed by atoms with Gasteiger partial charge >= 0.3 is 15.6 Å². The first kappa shape index (κ1) is 28.5. The Morgan fingerprint density at radius 1 is 1.24 bits per heavy atom. The third-order valence-corrected chi connectivity index (χ3v) is 6.96. The van der Waals surface area contributed by atoms with Gasteiger partial charge in [-0.05, 0) is 31.5 Å². The second kappa shape index (κ2) is 9.98.